The van der Waals surface area contributed by atoms with Crippen LogP contribution >= 0.6 is 0 Å². The number of pyridine rings is 1. The average Bonchev–Trinajstić information content (AvgIpc) is 3.43. The van der Waals surface area contributed by atoms with Gasteiger partial charge in [0.2, 0.25) is 0 Å². The van der Waals surface area contributed by atoms with Gasteiger partial charge in [0.05, 0.1) is 23.6 Å². The molecule has 0 aliphatic carbocycles. The van der Waals surface area contributed by atoms with Gasteiger partial charge in [-0.2, -0.15) is 5.10 Å². The van der Waals surface area contributed by atoms with Crippen LogP contribution in [0.15, 0.2) is 55.2 Å². The highest BCUT2D eigenvalue weighted by Crippen LogP contribution is 2.19. The summed E-state index contributed by atoms with van der Waals surface area (Å²) >= 11 is 0. The van der Waals surface area contributed by atoms with Crippen LogP contribution in [0.2, 0.25) is 0 Å². The van der Waals surface area contributed by atoms with Gasteiger partial charge in [-0.05, 0) is 49.6 Å². The van der Waals surface area contributed by atoms with Crippen LogP contribution in [0.1, 0.15) is 31.4 Å². The Labute approximate surface area is 163 Å². The van der Waals surface area contributed by atoms with E-state index in [9.17, 15) is 4.79 Å². The maximum absolute atomic E-state index is 12.3. The third kappa shape index (κ3) is 4.11. The average molecular weight is 377 g/mol. The molecule has 3 aromatic rings. The number of amides is 2. The zero-order valence-electron chi connectivity index (χ0n) is 15.7. The minimum atomic E-state index is -0.261. The van der Waals surface area contributed by atoms with Crippen molar-refractivity contribution >= 4 is 17.5 Å². The molecule has 144 valence electrons. The molecule has 8 nitrogen and oxygen atoms in total. The Kier molecular flexibility index (Phi) is 5.18. The minimum absolute atomic E-state index is 0.137. The summed E-state index contributed by atoms with van der Waals surface area (Å²) in [6.07, 6.45) is 7.26. The predicted molar refractivity (Wildman–Crippen MR) is 108 cm³/mol. The van der Waals surface area contributed by atoms with Gasteiger partial charge in [-0.3, -0.25) is 0 Å². The number of carbonyl (C=O) groups is 1. The van der Waals surface area contributed by atoms with Crippen molar-refractivity contribution in [3.05, 3.63) is 60.8 Å². The van der Waals surface area contributed by atoms with E-state index < -0.39 is 0 Å². The van der Waals surface area contributed by atoms with E-state index in [-0.39, 0.29) is 12.1 Å². The van der Waals surface area contributed by atoms with Crippen LogP contribution in [0.3, 0.4) is 0 Å². The van der Waals surface area contributed by atoms with Crippen LogP contribution in [0.4, 0.5) is 16.3 Å². The van der Waals surface area contributed by atoms with Crippen molar-refractivity contribution < 1.29 is 4.79 Å². The van der Waals surface area contributed by atoms with Crippen molar-refractivity contribution in [2.45, 2.75) is 25.8 Å². The van der Waals surface area contributed by atoms with E-state index in [1.54, 1.807) is 17.2 Å². The number of benzene rings is 1. The zero-order chi connectivity index (χ0) is 19.3. The summed E-state index contributed by atoms with van der Waals surface area (Å²) in [5, 5.41) is 9.89. The van der Waals surface area contributed by atoms with Crippen molar-refractivity contribution in [2.24, 2.45) is 0 Å². The number of carbonyl (C=O) groups excluding carboxylic acids is 1. The molecule has 1 unspecified atom stereocenters. The third-order valence-corrected chi connectivity index (χ3v) is 4.86. The number of nitrogens with one attached hydrogen (secondary N) is 2. The van der Waals surface area contributed by atoms with Gasteiger partial charge < -0.3 is 15.5 Å². The van der Waals surface area contributed by atoms with Gasteiger partial charge in [0.15, 0.2) is 0 Å². The quantitative estimate of drug-likeness (QED) is 0.713. The SMILES string of the molecule is CC(NC(=O)Nc1ccc(N2CCCC2)nc1)c1ccc(-n2cncn2)cc1. The molecule has 0 saturated carbocycles. The summed E-state index contributed by atoms with van der Waals surface area (Å²) in [5.41, 5.74) is 2.60. The summed E-state index contributed by atoms with van der Waals surface area (Å²) in [6.45, 7) is 4.04. The van der Waals surface area contributed by atoms with Crippen LogP contribution in [0.25, 0.3) is 5.69 Å². The van der Waals surface area contributed by atoms with E-state index in [2.05, 4.69) is 30.6 Å². The van der Waals surface area contributed by atoms with Gasteiger partial charge in [0.1, 0.15) is 18.5 Å². The second kappa shape index (κ2) is 8.08. The third-order valence-electron chi connectivity index (χ3n) is 4.86. The number of hydrogen-bond acceptors (Lipinski definition) is 5. The molecule has 4 rings (SSSR count). The minimum Gasteiger partial charge on any atom is -0.357 e. The molecule has 1 aromatic carbocycles. The van der Waals surface area contributed by atoms with Crippen molar-refractivity contribution in [1.82, 2.24) is 25.1 Å². The Morgan fingerprint density at radius 2 is 1.89 bits per heavy atom. The van der Waals surface area contributed by atoms with Gasteiger partial charge in [0.25, 0.3) is 0 Å². The van der Waals surface area contributed by atoms with E-state index in [1.807, 2.05) is 43.3 Å². The maximum Gasteiger partial charge on any atom is 0.319 e. The molecule has 28 heavy (non-hydrogen) atoms. The van der Waals surface area contributed by atoms with Gasteiger partial charge in [-0.25, -0.2) is 19.4 Å². The van der Waals surface area contributed by atoms with Crippen LogP contribution in [-0.4, -0.2) is 38.9 Å². The van der Waals surface area contributed by atoms with Gasteiger partial charge in [0, 0.05) is 13.1 Å². The maximum atomic E-state index is 12.3. The first-order valence-corrected chi connectivity index (χ1v) is 9.42. The Morgan fingerprint density at radius 1 is 1.11 bits per heavy atom. The zero-order valence-corrected chi connectivity index (χ0v) is 15.7. The van der Waals surface area contributed by atoms with E-state index in [1.165, 1.54) is 19.2 Å². The molecular weight excluding hydrogens is 354 g/mol. The van der Waals surface area contributed by atoms with Crippen molar-refractivity contribution in [3.8, 4) is 5.69 Å². The lowest BCUT2D eigenvalue weighted by Crippen LogP contribution is -2.31. The Morgan fingerprint density at radius 3 is 2.54 bits per heavy atom. The van der Waals surface area contributed by atoms with Crippen LogP contribution in [0.5, 0.6) is 0 Å². The highest BCUT2D eigenvalue weighted by Gasteiger charge is 2.14. The topological polar surface area (TPSA) is 88.0 Å². The molecule has 1 atom stereocenters. The highest BCUT2D eigenvalue weighted by atomic mass is 16.2. The van der Waals surface area contributed by atoms with E-state index in [0.717, 1.165) is 30.2 Å². The standard InChI is InChI=1S/C20H23N7O/c1-15(16-4-7-18(8-5-16)27-14-21-13-23-27)24-20(28)25-17-6-9-19(22-12-17)26-10-2-3-11-26/h4-9,12-15H,2-3,10-11H2,1H3,(H2,24,25,28). The summed E-state index contributed by atoms with van der Waals surface area (Å²) in [7, 11) is 0. The van der Waals surface area contributed by atoms with Gasteiger partial charge in [-0.1, -0.05) is 12.1 Å². The smallest absolute Gasteiger partial charge is 0.319 e. The number of aromatic nitrogens is 4. The van der Waals surface area contributed by atoms with Crippen molar-refractivity contribution in [3.63, 3.8) is 0 Å². The Hall–Kier alpha value is -3.42. The lowest BCUT2D eigenvalue weighted by molar-refractivity contribution is 0.249. The largest absolute Gasteiger partial charge is 0.357 e. The molecule has 2 amide bonds. The predicted octanol–water partition coefficient (Wildman–Crippen LogP) is 3.15. The Bertz CT molecular complexity index is 901. The van der Waals surface area contributed by atoms with Crippen LogP contribution in [-0.2, 0) is 0 Å². The molecule has 1 fully saturated rings. The second-order valence-electron chi connectivity index (χ2n) is 6.85. The van der Waals surface area contributed by atoms with E-state index >= 15 is 0 Å². The number of nitrogens with zero attached hydrogens (tertiary/aromatic N) is 5. The second-order valence-corrected chi connectivity index (χ2v) is 6.85. The molecule has 1 saturated heterocycles. The molecule has 1 aliphatic heterocycles. The number of anilines is 2. The molecule has 0 spiro atoms. The molecule has 2 aromatic heterocycles. The molecule has 8 heteroatoms. The monoisotopic (exact) mass is 377 g/mol. The molecular formula is C20H23N7O. The summed E-state index contributed by atoms with van der Waals surface area (Å²) in [6, 6.07) is 11.3. The first-order valence-electron chi connectivity index (χ1n) is 9.42. The van der Waals surface area contributed by atoms with Crippen LogP contribution in [0, 0.1) is 0 Å². The van der Waals surface area contributed by atoms with Crippen LogP contribution < -0.4 is 15.5 Å². The Balaban J connectivity index is 1.32. The molecule has 0 radical (unpaired) electrons. The molecule has 3 heterocycles. The summed E-state index contributed by atoms with van der Waals surface area (Å²) in [5.74, 6) is 0.962. The van der Waals surface area contributed by atoms with Gasteiger partial charge >= 0.3 is 6.03 Å². The molecule has 2 N–H and O–H groups in total. The fourth-order valence-electron chi connectivity index (χ4n) is 3.30. The lowest BCUT2D eigenvalue weighted by Gasteiger charge is -2.17. The first kappa shape index (κ1) is 18.0. The van der Waals surface area contributed by atoms with Crippen molar-refractivity contribution in [1.29, 1.82) is 0 Å². The van der Waals surface area contributed by atoms with Gasteiger partial charge in [-0.15, -0.1) is 0 Å². The first-order chi connectivity index (χ1) is 13.7. The normalized spacial score (nSPS) is 14.7. The van der Waals surface area contributed by atoms with E-state index in [0.29, 0.717) is 5.69 Å². The number of hydrogen-bond donors (Lipinski definition) is 2. The summed E-state index contributed by atoms with van der Waals surface area (Å²) < 4.78 is 1.69. The number of urea groups is 1. The number of rotatable bonds is 5. The van der Waals surface area contributed by atoms with E-state index in [4.69, 9.17) is 0 Å². The molecule has 1 aliphatic rings. The lowest BCUT2D eigenvalue weighted by atomic mass is 10.1. The fourth-order valence-corrected chi connectivity index (χ4v) is 3.30. The summed E-state index contributed by atoms with van der Waals surface area (Å²) in [4.78, 5) is 23.0. The fraction of sp³-hybridized carbons (Fsp3) is 0.300. The van der Waals surface area contributed by atoms with Crippen molar-refractivity contribution in [2.75, 3.05) is 23.3 Å². The highest BCUT2D eigenvalue weighted by molar-refractivity contribution is 5.89. The molecule has 0 bridgehead atoms.